The van der Waals surface area contributed by atoms with Gasteiger partial charge in [0.2, 0.25) is 0 Å². The third kappa shape index (κ3) is 4.88. The summed E-state index contributed by atoms with van der Waals surface area (Å²) in [4.78, 5) is 2.40. The van der Waals surface area contributed by atoms with Gasteiger partial charge in [-0.2, -0.15) is 0 Å². The molecule has 2 atom stereocenters. The summed E-state index contributed by atoms with van der Waals surface area (Å²) < 4.78 is 6.31. The van der Waals surface area contributed by atoms with Gasteiger partial charge in [-0.05, 0) is 38.5 Å². The molecule has 2 unspecified atom stereocenters. The van der Waals surface area contributed by atoms with Crippen LogP contribution in [0.4, 0.5) is 0 Å². The maximum Gasteiger partial charge on any atom is 0.0590 e. The molecule has 4 heteroatoms. The van der Waals surface area contributed by atoms with Crippen molar-refractivity contribution < 1.29 is 4.74 Å². The Hall–Kier alpha value is -0.420. The molecule has 0 aliphatic rings. The molecule has 0 radical (unpaired) electrons. The molecule has 0 aliphatic heterocycles. The minimum absolute atomic E-state index is 0.0698. The van der Waals surface area contributed by atoms with Crippen LogP contribution in [0.2, 0.25) is 0 Å². The Morgan fingerprint density at radius 2 is 1.79 bits per heavy atom. The van der Waals surface area contributed by atoms with Crippen LogP contribution in [-0.2, 0) is 4.74 Å². The fourth-order valence-corrected chi connectivity index (χ4v) is 2.64. The molecule has 0 saturated heterocycles. The largest absolute Gasteiger partial charge is 0.383 e. The Balaban J connectivity index is 2.99. The zero-order chi connectivity index (χ0) is 14.4. The van der Waals surface area contributed by atoms with Gasteiger partial charge in [0.15, 0.2) is 0 Å². The minimum atomic E-state index is 0.0698. The van der Waals surface area contributed by atoms with Gasteiger partial charge in [0, 0.05) is 36.3 Å². The van der Waals surface area contributed by atoms with Crippen molar-refractivity contribution in [2.24, 2.45) is 5.73 Å². The Bertz CT molecular complexity index is 365. The van der Waals surface area contributed by atoms with Gasteiger partial charge < -0.3 is 10.5 Å². The molecule has 0 aromatic heterocycles. The number of halogens is 1. The normalized spacial score (nSPS) is 14.9. The standard InChI is InChI=1S/C15H25BrN2O/c1-11(2)18(9-10-19-4)15(12(3)17)13-5-7-14(16)8-6-13/h5-8,11-12,15H,9-10,17H2,1-4H3. The van der Waals surface area contributed by atoms with E-state index in [0.717, 1.165) is 17.6 Å². The van der Waals surface area contributed by atoms with Crippen molar-refractivity contribution in [1.29, 1.82) is 0 Å². The SMILES string of the molecule is COCCN(C(C)C)C(c1ccc(Br)cc1)C(C)N. The van der Waals surface area contributed by atoms with Crippen LogP contribution >= 0.6 is 15.9 Å². The summed E-state index contributed by atoms with van der Waals surface area (Å²) in [5, 5.41) is 0. The lowest BCUT2D eigenvalue weighted by molar-refractivity contribution is 0.0863. The molecule has 0 heterocycles. The Morgan fingerprint density at radius 1 is 1.21 bits per heavy atom. The number of hydrogen-bond donors (Lipinski definition) is 1. The van der Waals surface area contributed by atoms with Gasteiger partial charge in [0.25, 0.3) is 0 Å². The van der Waals surface area contributed by atoms with E-state index in [-0.39, 0.29) is 12.1 Å². The van der Waals surface area contributed by atoms with Gasteiger partial charge >= 0.3 is 0 Å². The van der Waals surface area contributed by atoms with Gasteiger partial charge in [0.1, 0.15) is 0 Å². The van der Waals surface area contributed by atoms with E-state index in [9.17, 15) is 0 Å². The molecular formula is C15H25BrN2O. The van der Waals surface area contributed by atoms with E-state index in [1.807, 2.05) is 0 Å². The third-order valence-corrected chi connectivity index (χ3v) is 3.81. The van der Waals surface area contributed by atoms with E-state index >= 15 is 0 Å². The molecule has 3 nitrogen and oxygen atoms in total. The second-order valence-corrected chi connectivity index (χ2v) is 6.10. The highest BCUT2D eigenvalue weighted by molar-refractivity contribution is 9.10. The van der Waals surface area contributed by atoms with Crippen molar-refractivity contribution in [3.63, 3.8) is 0 Å². The summed E-state index contributed by atoms with van der Waals surface area (Å²) >= 11 is 3.47. The summed E-state index contributed by atoms with van der Waals surface area (Å²) in [7, 11) is 1.74. The smallest absolute Gasteiger partial charge is 0.0590 e. The van der Waals surface area contributed by atoms with Crippen molar-refractivity contribution in [2.45, 2.75) is 38.9 Å². The van der Waals surface area contributed by atoms with Gasteiger partial charge in [-0.15, -0.1) is 0 Å². The zero-order valence-electron chi connectivity index (χ0n) is 12.3. The number of ether oxygens (including phenoxy) is 1. The number of hydrogen-bond acceptors (Lipinski definition) is 3. The van der Waals surface area contributed by atoms with Crippen molar-refractivity contribution in [1.82, 2.24) is 4.90 Å². The van der Waals surface area contributed by atoms with Crippen LogP contribution in [0.25, 0.3) is 0 Å². The second kappa shape index (κ2) is 8.00. The van der Waals surface area contributed by atoms with Crippen LogP contribution < -0.4 is 5.73 Å². The molecule has 1 aromatic carbocycles. The molecule has 0 bridgehead atoms. The monoisotopic (exact) mass is 328 g/mol. The fraction of sp³-hybridized carbons (Fsp3) is 0.600. The molecule has 2 N–H and O–H groups in total. The maximum absolute atomic E-state index is 6.22. The van der Waals surface area contributed by atoms with Crippen molar-refractivity contribution >= 4 is 15.9 Å². The Kier molecular flexibility index (Phi) is 7.00. The van der Waals surface area contributed by atoms with Gasteiger partial charge in [-0.25, -0.2) is 0 Å². The first-order valence-electron chi connectivity index (χ1n) is 6.73. The summed E-state index contributed by atoms with van der Waals surface area (Å²) in [6.45, 7) is 8.07. The lowest BCUT2D eigenvalue weighted by atomic mass is 9.98. The maximum atomic E-state index is 6.22. The van der Waals surface area contributed by atoms with E-state index in [0.29, 0.717) is 6.04 Å². The Labute approximate surface area is 125 Å². The van der Waals surface area contributed by atoms with Crippen molar-refractivity contribution in [3.05, 3.63) is 34.3 Å². The Morgan fingerprint density at radius 3 is 2.21 bits per heavy atom. The molecule has 0 aliphatic carbocycles. The zero-order valence-corrected chi connectivity index (χ0v) is 13.9. The van der Waals surface area contributed by atoms with E-state index in [4.69, 9.17) is 10.5 Å². The molecule has 0 saturated carbocycles. The summed E-state index contributed by atoms with van der Waals surface area (Å²) in [6.07, 6.45) is 0. The van der Waals surface area contributed by atoms with Gasteiger partial charge in [-0.3, -0.25) is 4.90 Å². The summed E-state index contributed by atoms with van der Waals surface area (Å²) in [6, 6.07) is 9.12. The predicted octanol–water partition coefficient (Wildman–Crippen LogP) is 3.19. The first kappa shape index (κ1) is 16.6. The molecule has 1 rings (SSSR count). The molecule has 0 amide bonds. The number of methoxy groups -OCH3 is 1. The quantitative estimate of drug-likeness (QED) is 0.835. The predicted molar refractivity (Wildman–Crippen MR) is 84.3 cm³/mol. The van der Waals surface area contributed by atoms with Gasteiger partial charge in [-0.1, -0.05) is 28.1 Å². The van der Waals surface area contributed by atoms with E-state index in [2.05, 4.69) is 65.9 Å². The summed E-state index contributed by atoms with van der Waals surface area (Å²) in [5.41, 5.74) is 7.48. The number of nitrogens with zero attached hydrogens (tertiary/aromatic N) is 1. The highest BCUT2D eigenvalue weighted by Gasteiger charge is 2.25. The second-order valence-electron chi connectivity index (χ2n) is 5.18. The lowest BCUT2D eigenvalue weighted by Crippen LogP contribution is -2.44. The van der Waals surface area contributed by atoms with Crippen LogP contribution in [-0.4, -0.2) is 37.2 Å². The van der Waals surface area contributed by atoms with Crippen LogP contribution in [0.5, 0.6) is 0 Å². The van der Waals surface area contributed by atoms with E-state index in [1.165, 1.54) is 5.56 Å². The van der Waals surface area contributed by atoms with Crippen molar-refractivity contribution in [2.75, 3.05) is 20.3 Å². The third-order valence-electron chi connectivity index (χ3n) is 3.28. The number of nitrogens with two attached hydrogens (primary N) is 1. The first-order chi connectivity index (χ1) is 8.97. The molecule has 19 heavy (non-hydrogen) atoms. The minimum Gasteiger partial charge on any atom is -0.383 e. The average molecular weight is 329 g/mol. The molecule has 108 valence electrons. The van der Waals surface area contributed by atoms with E-state index in [1.54, 1.807) is 7.11 Å². The number of benzene rings is 1. The highest BCUT2D eigenvalue weighted by Crippen LogP contribution is 2.26. The van der Waals surface area contributed by atoms with Crippen LogP contribution in [0, 0.1) is 0 Å². The fourth-order valence-electron chi connectivity index (χ4n) is 2.37. The van der Waals surface area contributed by atoms with E-state index < -0.39 is 0 Å². The lowest BCUT2D eigenvalue weighted by Gasteiger charge is -2.37. The van der Waals surface area contributed by atoms with Gasteiger partial charge in [0.05, 0.1) is 6.61 Å². The summed E-state index contributed by atoms with van der Waals surface area (Å²) in [5.74, 6) is 0. The average Bonchev–Trinajstić information content (AvgIpc) is 2.35. The van der Waals surface area contributed by atoms with Crippen LogP contribution in [0.3, 0.4) is 0 Å². The molecule has 0 fully saturated rings. The van der Waals surface area contributed by atoms with Crippen LogP contribution in [0.15, 0.2) is 28.7 Å². The topological polar surface area (TPSA) is 38.5 Å². The highest BCUT2D eigenvalue weighted by atomic mass is 79.9. The number of rotatable bonds is 7. The van der Waals surface area contributed by atoms with Crippen LogP contribution in [0.1, 0.15) is 32.4 Å². The molecule has 0 spiro atoms. The first-order valence-corrected chi connectivity index (χ1v) is 7.52. The molecular weight excluding hydrogens is 304 g/mol. The molecule has 1 aromatic rings. The van der Waals surface area contributed by atoms with Crippen molar-refractivity contribution in [3.8, 4) is 0 Å².